The van der Waals surface area contributed by atoms with E-state index >= 15 is 0 Å². The van der Waals surface area contributed by atoms with Gasteiger partial charge in [-0.15, -0.1) is 0 Å². The van der Waals surface area contributed by atoms with Crippen LogP contribution in [-0.4, -0.2) is 30.8 Å². The van der Waals surface area contributed by atoms with Gasteiger partial charge in [0, 0.05) is 31.0 Å². The molecule has 2 heterocycles. The molecule has 8 heteroatoms. The average molecular weight is 456 g/mol. The number of halogens is 1. The molecule has 1 amide bonds. The first-order valence-electron chi connectivity index (χ1n) is 10.00. The van der Waals surface area contributed by atoms with Crippen LogP contribution >= 0.6 is 11.6 Å². The molecular weight excluding hydrogens is 434 g/mol. The number of nitrogens with one attached hydrogen (secondary N) is 1. The van der Waals surface area contributed by atoms with Gasteiger partial charge in [-0.05, 0) is 54.3 Å². The number of rotatable bonds is 6. The monoisotopic (exact) mass is 455 g/mol. The molecule has 3 aromatic rings. The van der Waals surface area contributed by atoms with Crippen LogP contribution < -0.4 is 4.72 Å². The van der Waals surface area contributed by atoms with Crippen LogP contribution in [0.3, 0.4) is 0 Å². The Hall–Kier alpha value is -2.74. The van der Waals surface area contributed by atoms with E-state index in [-0.39, 0.29) is 28.4 Å². The summed E-state index contributed by atoms with van der Waals surface area (Å²) in [6, 6.07) is 17.3. The molecule has 1 aliphatic rings. The van der Waals surface area contributed by atoms with Crippen molar-refractivity contribution in [3.05, 3.63) is 94.8 Å². The van der Waals surface area contributed by atoms with Gasteiger partial charge in [-0.2, -0.15) is 0 Å². The highest BCUT2D eigenvalue weighted by molar-refractivity contribution is 7.89. The second kappa shape index (κ2) is 9.18. The minimum Gasteiger partial charge on any atom is -0.332 e. The molecule has 1 aliphatic heterocycles. The summed E-state index contributed by atoms with van der Waals surface area (Å²) in [5, 5.41) is 0.0733. The molecule has 1 aromatic heterocycles. The average Bonchev–Trinajstić information content (AvgIpc) is 3.29. The van der Waals surface area contributed by atoms with Crippen molar-refractivity contribution in [3.63, 3.8) is 0 Å². The predicted octanol–water partition coefficient (Wildman–Crippen LogP) is 4.19. The van der Waals surface area contributed by atoms with E-state index in [0.29, 0.717) is 12.1 Å². The van der Waals surface area contributed by atoms with Crippen LogP contribution in [0.25, 0.3) is 0 Å². The van der Waals surface area contributed by atoms with Gasteiger partial charge in [0.15, 0.2) is 0 Å². The summed E-state index contributed by atoms with van der Waals surface area (Å²) >= 11 is 6.20. The fourth-order valence-corrected chi connectivity index (χ4v) is 5.34. The highest BCUT2D eigenvalue weighted by Crippen LogP contribution is 2.33. The Bertz CT molecular complexity index is 1170. The summed E-state index contributed by atoms with van der Waals surface area (Å²) in [5.74, 6) is -0.213. The number of sulfonamides is 1. The van der Waals surface area contributed by atoms with Crippen LogP contribution in [0.1, 0.15) is 40.4 Å². The normalized spacial score (nSPS) is 16.4. The van der Waals surface area contributed by atoms with Gasteiger partial charge >= 0.3 is 0 Å². The molecule has 1 unspecified atom stereocenters. The Kier molecular flexibility index (Phi) is 6.36. The number of nitrogens with zero attached hydrogens (tertiary/aromatic N) is 2. The number of carbonyl (C=O) groups excluding carboxylic acids is 1. The number of aromatic nitrogens is 1. The molecule has 0 aliphatic carbocycles. The zero-order chi connectivity index (χ0) is 21.8. The van der Waals surface area contributed by atoms with Crippen molar-refractivity contribution in [1.29, 1.82) is 0 Å². The maximum atomic E-state index is 13.3. The lowest BCUT2D eigenvalue weighted by molar-refractivity contribution is 0.0735. The van der Waals surface area contributed by atoms with Gasteiger partial charge in [-0.1, -0.05) is 41.9 Å². The Balaban J connectivity index is 1.57. The van der Waals surface area contributed by atoms with Crippen LogP contribution in [0.15, 0.2) is 78.0 Å². The number of benzene rings is 2. The smallest absolute Gasteiger partial charge is 0.254 e. The standard InChI is InChI=1S/C23H22ClN3O3S/c24-20-9-8-19(15-22(20)31(29,30)26-16-17-5-2-1-3-6-17)23(28)27-14-4-7-21(27)18-10-12-25-13-11-18/h1-3,5-6,8-13,15,21,26H,4,7,14,16H2. The van der Waals surface area contributed by atoms with E-state index in [1.54, 1.807) is 23.4 Å². The Morgan fingerprint density at radius 3 is 2.58 bits per heavy atom. The highest BCUT2D eigenvalue weighted by Gasteiger charge is 2.31. The molecule has 0 spiro atoms. The van der Waals surface area contributed by atoms with Gasteiger partial charge in [0.1, 0.15) is 4.90 Å². The SMILES string of the molecule is O=C(c1ccc(Cl)c(S(=O)(=O)NCc2ccccc2)c1)N1CCCC1c1ccncc1. The van der Waals surface area contributed by atoms with Gasteiger partial charge < -0.3 is 4.90 Å². The van der Waals surface area contributed by atoms with Crippen molar-refractivity contribution < 1.29 is 13.2 Å². The highest BCUT2D eigenvalue weighted by atomic mass is 35.5. The molecule has 1 atom stereocenters. The Labute approximate surface area is 186 Å². The first-order valence-corrected chi connectivity index (χ1v) is 11.9. The molecule has 31 heavy (non-hydrogen) atoms. The van der Waals surface area contributed by atoms with Gasteiger partial charge in [0.05, 0.1) is 11.1 Å². The minimum atomic E-state index is -3.90. The molecule has 1 fully saturated rings. The third kappa shape index (κ3) is 4.79. The maximum Gasteiger partial charge on any atom is 0.254 e. The summed E-state index contributed by atoms with van der Waals surface area (Å²) in [4.78, 5) is 19.0. The van der Waals surface area contributed by atoms with Crippen molar-refractivity contribution in [1.82, 2.24) is 14.6 Å². The predicted molar refractivity (Wildman–Crippen MR) is 119 cm³/mol. The molecule has 0 radical (unpaired) electrons. The second-order valence-corrected chi connectivity index (χ2v) is 9.54. The van der Waals surface area contributed by atoms with Crippen LogP contribution in [-0.2, 0) is 16.6 Å². The molecule has 2 aromatic carbocycles. The van der Waals surface area contributed by atoms with E-state index in [1.165, 1.54) is 12.1 Å². The molecule has 6 nitrogen and oxygen atoms in total. The Morgan fingerprint density at radius 1 is 1.10 bits per heavy atom. The van der Waals surface area contributed by atoms with E-state index in [1.807, 2.05) is 42.5 Å². The lowest BCUT2D eigenvalue weighted by Crippen LogP contribution is -2.31. The molecule has 160 valence electrons. The van der Waals surface area contributed by atoms with E-state index in [4.69, 9.17) is 11.6 Å². The zero-order valence-electron chi connectivity index (χ0n) is 16.7. The second-order valence-electron chi connectivity index (χ2n) is 7.39. The first kappa shape index (κ1) is 21.5. The molecule has 0 saturated carbocycles. The van der Waals surface area contributed by atoms with E-state index in [2.05, 4.69) is 9.71 Å². The number of pyridine rings is 1. The topological polar surface area (TPSA) is 79.4 Å². The van der Waals surface area contributed by atoms with Crippen molar-refractivity contribution in [2.75, 3.05) is 6.54 Å². The fourth-order valence-electron chi connectivity index (χ4n) is 3.80. The maximum absolute atomic E-state index is 13.3. The van der Waals surface area contributed by atoms with Crippen LogP contribution in [0.4, 0.5) is 0 Å². The molecule has 4 rings (SSSR count). The molecular formula is C23H22ClN3O3S. The van der Waals surface area contributed by atoms with Crippen LogP contribution in [0, 0.1) is 0 Å². The van der Waals surface area contributed by atoms with Gasteiger partial charge in [0.2, 0.25) is 10.0 Å². The third-order valence-electron chi connectivity index (χ3n) is 5.38. The first-order chi connectivity index (χ1) is 15.0. The van der Waals surface area contributed by atoms with Gasteiger partial charge in [-0.25, -0.2) is 13.1 Å². The molecule has 0 bridgehead atoms. The van der Waals surface area contributed by atoms with Crippen LogP contribution in [0.5, 0.6) is 0 Å². The summed E-state index contributed by atoms with van der Waals surface area (Å²) in [5.41, 5.74) is 2.14. The fraction of sp³-hybridized carbons (Fsp3) is 0.217. The van der Waals surface area contributed by atoms with E-state index in [0.717, 1.165) is 24.0 Å². The molecule has 1 N–H and O–H groups in total. The number of carbonyl (C=O) groups is 1. The summed E-state index contributed by atoms with van der Waals surface area (Å²) < 4.78 is 28.3. The zero-order valence-corrected chi connectivity index (χ0v) is 18.3. The minimum absolute atomic E-state index is 0.0533. The van der Waals surface area contributed by atoms with E-state index < -0.39 is 10.0 Å². The lowest BCUT2D eigenvalue weighted by Gasteiger charge is -2.25. The summed E-state index contributed by atoms with van der Waals surface area (Å²) in [6.45, 7) is 0.747. The van der Waals surface area contributed by atoms with Crippen LogP contribution in [0.2, 0.25) is 5.02 Å². The third-order valence-corrected chi connectivity index (χ3v) is 7.26. The lowest BCUT2D eigenvalue weighted by atomic mass is 10.1. The van der Waals surface area contributed by atoms with Crippen molar-refractivity contribution in [2.45, 2.75) is 30.3 Å². The van der Waals surface area contributed by atoms with Gasteiger partial charge in [0.25, 0.3) is 5.91 Å². The quantitative estimate of drug-likeness (QED) is 0.604. The number of likely N-dealkylation sites (tertiary alicyclic amines) is 1. The Morgan fingerprint density at radius 2 is 1.84 bits per heavy atom. The number of hydrogen-bond acceptors (Lipinski definition) is 4. The number of amides is 1. The largest absolute Gasteiger partial charge is 0.332 e. The van der Waals surface area contributed by atoms with Crippen molar-refractivity contribution in [2.24, 2.45) is 0 Å². The molecule has 1 saturated heterocycles. The van der Waals surface area contributed by atoms with Gasteiger partial charge in [-0.3, -0.25) is 9.78 Å². The van der Waals surface area contributed by atoms with E-state index in [9.17, 15) is 13.2 Å². The summed E-state index contributed by atoms with van der Waals surface area (Å²) in [6.07, 6.45) is 5.16. The van der Waals surface area contributed by atoms with Crippen molar-refractivity contribution >= 4 is 27.5 Å². The summed E-state index contributed by atoms with van der Waals surface area (Å²) in [7, 11) is -3.90. The van der Waals surface area contributed by atoms with Crippen molar-refractivity contribution in [3.8, 4) is 0 Å². The number of hydrogen-bond donors (Lipinski definition) is 1.